The molecule has 1 aliphatic heterocycles. The number of carbonyl (C=O) groups excluding carboxylic acids is 1. The Kier molecular flexibility index (Phi) is 2.58. The first-order valence-electron chi connectivity index (χ1n) is 5.23. The van der Waals surface area contributed by atoms with Crippen molar-refractivity contribution in [2.24, 2.45) is 0 Å². The standard InChI is InChI=1S/C13H15NO/c1-10(2)14-7-11-5-3-4-6-13(11)12(8-14)9-15/h3-6,8-10H,7H2,1-2H3. The van der Waals surface area contributed by atoms with E-state index in [0.29, 0.717) is 6.04 Å². The fourth-order valence-electron chi connectivity index (χ4n) is 1.86. The lowest BCUT2D eigenvalue weighted by Gasteiger charge is -2.30. The van der Waals surface area contributed by atoms with Crippen molar-refractivity contribution in [1.29, 1.82) is 0 Å². The maximum Gasteiger partial charge on any atom is 0.152 e. The molecule has 1 aliphatic rings. The van der Waals surface area contributed by atoms with E-state index in [1.54, 1.807) is 0 Å². The Labute approximate surface area is 90.2 Å². The molecular weight excluding hydrogens is 186 g/mol. The molecule has 0 aromatic heterocycles. The predicted octanol–water partition coefficient (Wildman–Crippen LogP) is 2.45. The van der Waals surface area contributed by atoms with Gasteiger partial charge in [0.25, 0.3) is 0 Å². The van der Waals surface area contributed by atoms with Gasteiger partial charge in [-0.25, -0.2) is 0 Å². The van der Waals surface area contributed by atoms with Crippen LogP contribution in [0.1, 0.15) is 25.0 Å². The first-order valence-corrected chi connectivity index (χ1v) is 5.23. The lowest BCUT2D eigenvalue weighted by atomic mass is 9.97. The van der Waals surface area contributed by atoms with Crippen LogP contribution in [0.2, 0.25) is 0 Å². The van der Waals surface area contributed by atoms with E-state index in [0.717, 1.165) is 24.0 Å². The molecule has 0 N–H and O–H groups in total. The molecule has 0 fully saturated rings. The number of rotatable bonds is 2. The van der Waals surface area contributed by atoms with Gasteiger partial charge >= 0.3 is 0 Å². The van der Waals surface area contributed by atoms with Gasteiger partial charge in [-0.15, -0.1) is 0 Å². The number of carbonyl (C=O) groups is 1. The smallest absolute Gasteiger partial charge is 0.152 e. The highest BCUT2D eigenvalue weighted by atomic mass is 16.1. The fraction of sp³-hybridized carbons (Fsp3) is 0.308. The summed E-state index contributed by atoms with van der Waals surface area (Å²) in [6.45, 7) is 5.16. The summed E-state index contributed by atoms with van der Waals surface area (Å²) < 4.78 is 0. The lowest BCUT2D eigenvalue weighted by Crippen LogP contribution is -2.28. The Morgan fingerprint density at radius 1 is 1.33 bits per heavy atom. The number of allylic oxidation sites excluding steroid dienone is 1. The van der Waals surface area contributed by atoms with Gasteiger partial charge in [0.1, 0.15) is 0 Å². The summed E-state index contributed by atoms with van der Waals surface area (Å²) in [4.78, 5) is 13.2. The lowest BCUT2D eigenvalue weighted by molar-refractivity contribution is -0.103. The predicted molar refractivity (Wildman–Crippen MR) is 61.2 cm³/mol. The van der Waals surface area contributed by atoms with Crippen LogP contribution in [0.5, 0.6) is 0 Å². The average Bonchev–Trinajstić information content (AvgIpc) is 2.27. The van der Waals surface area contributed by atoms with Gasteiger partial charge in [-0.05, 0) is 25.0 Å². The zero-order valence-electron chi connectivity index (χ0n) is 9.10. The van der Waals surface area contributed by atoms with Crippen molar-refractivity contribution in [2.45, 2.75) is 26.4 Å². The second-order valence-corrected chi connectivity index (χ2v) is 4.13. The van der Waals surface area contributed by atoms with Gasteiger partial charge < -0.3 is 4.90 Å². The zero-order chi connectivity index (χ0) is 10.8. The van der Waals surface area contributed by atoms with Crippen LogP contribution in [-0.2, 0) is 11.3 Å². The summed E-state index contributed by atoms with van der Waals surface area (Å²) in [6, 6.07) is 8.51. The Bertz CT molecular complexity index is 407. The van der Waals surface area contributed by atoms with Gasteiger partial charge in [0.2, 0.25) is 0 Å². The second-order valence-electron chi connectivity index (χ2n) is 4.13. The van der Waals surface area contributed by atoms with Crippen molar-refractivity contribution in [3.8, 4) is 0 Å². The van der Waals surface area contributed by atoms with E-state index >= 15 is 0 Å². The summed E-state index contributed by atoms with van der Waals surface area (Å²) in [5.74, 6) is 0. The Balaban J connectivity index is 2.45. The molecule has 0 saturated carbocycles. The molecule has 1 heterocycles. The molecule has 15 heavy (non-hydrogen) atoms. The van der Waals surface area contributed by atoms with Crippen molar-refractivity contribution >= 4 is 11.9 Å². The topological polar surface area (TPSA) is 20.3 Å². The second kappa shape index (κ2) is 3.89. The monoisotopic (exact) mass is 201 g/mol. The summed E-state index contributed by atoms with van der Waals surface area (Å²) in [5, 5.41) is 0. The minimum Gasteiger partial charge on any atom is -0.370 e. The molecule has 0 atom stereocenters. The number of benzene rings is 1. The van der Waals surface area contributed by atoms with Crippen LogP contribution in [0.4, 0.5) is 0 Å². The quantitative estimate of drug-likeness (QED) is 0.685. The Morgan fingerprint density at radius 2 is 2.07 bits per heavy atom. The molecule has 1 aromatic carbocycles. The van der Waals surface area contributed by atoms with Gasteiger partial charge in [-0.2, -0.15) is 0 Å². The highest BCUT2D eigenvalue weighted by molar-refractivity contribution is 6.07. The number of fused-ring (bicyclic) bond motifs is 1. The number of nitrogens with zero attached hydrogens (tertiary/aromatic N) is 1. The van der Waals surface area contributed by atoms with Gasteiger partial charge in [0, 0.05) is 24.4 Å². The Hall–Kier alpha value is -1.57. The molecule has 1 aromatic rings. The van der Waals surface area contributed by atoms with Crippen LogP contribution in [-0.4, -0.2) is 17.2 Å². The van der Waals surface area contributed by atoms with Crippen LogP contribution in [0.3, 0.4) is 0 Å². The molecular formula is C13H15NO. The van der Waals surface area contributed by atoms with Crippen LogP contribution < -0.4 is 0 Å². The van der Waals surface area contributed by atoms with E-state index in [1.807, 2.05) is 24.4 Å². The Morgan fingerprint density at radius 3 is 2.73 bits per heavy atom. The molecule has 0 unspecified atom stereocenters. The van der Waals surface area contributed by atoms with E-state index in [1.165, 1.54) is 5.56 Å². The summed E-state index contributed by atoms with van der Waals surface area (Å²) in [5.41, 5.74) is 3.09. The first kappa shape index (κ1) is 9.97. The molecule has 2 heteroatoms. The maximum absolute atomic E-state index is 11.0. The molecule has 2 rings (SSSR count). The van der Waals surface area contributed by atoms with E-state index in [4.69, 9.17) is 0 Å². The molecule has 78 valence electrons. The van der Waals surface area contributed by atoms with E-state index < -0.39 is 0 Å². The summed E-state index contributed by atoms with van der Waals surface area (Å²) in [6.07, 6.45) is 2.90. The number of hydrogen-bond donors (Lipinski definition) is 0. The van der Waals surface area contributed by atoms with Crippen LogP contribution in [0.15, 0.2) is 30.5 Å². The van der Waals surface area contributed by atoms with Crippen molar-refractivity contribution in [3.63, 3.8) is 0 Å². The number of hydrogen-bond acceptors (Lipinski definition) is 2. The van der Waals surface area contributed by atoms with Crippen LogP contribution >= 0.6 is 0 Å². The average molecular weight is 201 g/mol. The van der Waals surface area contributed by atoms with E-state index in [9.17, 15) is 4.79 Å². The minimum atomic E-state index is 0.424. The van der Waals surface area contributed by atoms with Crippen LogP contribution in [0, 0.1) is 0 Å². The van der Waals surface area contributed by atoms with E-state index in [-0.39, 0.29) is 0 Å². The molecule has 0 spiro atoms. The van der Waals surface area contributed by atoms with Gasteiger partial charge in [0.05, 0.1) is 0 Å². The first-order chi connectivity index (χ1) is 7.22. The van der Waals surface area contributed by atoms with Gasteiger partial charge in [-0.1, -0.05) is 24.3 Å². The molecule has 0 bridgehead atoms. The molecule has 0 amide bonds. The SMILES string of the molecule is CC(C)N1C=C(C=O)c2ccccc2C1. The molecule has 0 saturated heterocycles. The van der Waals surface area contributed by atoms with Crippen molar-refractivity contribution in [3.05, 3.63) is 41.6 Å². The zero-order valence-corrected chi connectivity index (χ0v) is 9.10. The fourth-order valence-corrected chi connectivity index (χ4v) is 1.86. The van der Waals surface area contributed by atoms with Gasteiger partial charge in [-0.3, -0.25) is 4.79 Å². The van der Waals surface area contributed by atoms with Crippen molar-refractivity contribution < 1.29 is 4.79 Å². The highest BCUT2D eigenvalue weighted by Crippen LogP contribution is 2.26. The third kappa shape index (κ3) is 1.80. The van der Waals surface area contributed by atoms with Crippen molar-refractivity contribution in [1.82, 2.24) is 4.90 Å². The number of aldehydes is 1. The minimum absolute atomic E-state index is 0.424. The normalized spacial score (nSPS) is 14.9. The maximum atomic E-state index is 11.0. The third-order valence-electron chi connectivity index (χ3n) is 2.78. The van der Waals surface area contributed by atoms with Crippen LogP contribution in [0.25, 0.3) is 5.57 Å². The summed E-state index contributed by atoms with van der Waals surface area (Å²) >= 11 is 0. The molecule has 0 radical (unpaired) electrons. The largest absolute Gasteiger partial charge is 0.370 e. The highest BCUT2D eigenvalue weighted by Gasteiger charge is 2.17. The molecule has 2 nitrogen and oxygen atoms in total. The van der Waals surface area contributed by atoms with Gasteiger partial charge in [0.15, 0.2) is 6.29 Å². The molecule has 0 aliphatic carbocycles. The van der Waals surface area contributed by atoms with E-state index in [2.05, 4.69) is 24.8 Å². The third-order valence-corrected chi connectivity index (χ3v) is 2.78. The summed E-state index contributed by atoms with van der Waals surface area (Å²) in [7, 11) is 0. The van der Waals surface area contributed by atoms with Crippen molar-refractivity contribution in [2.75, 3.05) is 0 Å².